The van der Waals surface area contributed by atoms with Gasteiger partial charge in [-0.15, -0.1) is 0 Å². The normalized spacial score (nSPS) is 21.0. The first kappa shape index (κ1) is 16.0. The highest BCUT2D eigenvalue weighted by molar-refractivity contribution is 4.93. The molecule has 0 spiro atoms. The van der Waals surface area contributed by atoms with Gasteiger partial charge in [0.05, 0.1) is 0 Å². The summed E-state index contributed by atoms with van der Waals surface area (Å²) in [6, 6.07) is 0.306. The molecule has 108 valence electrons. The second kappa shape index (κ2) is 7.49. The minimum atomic E-state index is 0.160. The zero-order valence-corrected chi connectivity index (χ0v) is 13.0. The van der Waals surface area contributed by atoms with Crippen molar-refractivity contribution in [3.8, 4) is 0 Å². The Morgan fingerprint density at radius 1 is 1.00 bits per heavy atom. The third-order valence-electron chi connectivity index (χ3n) is 5.07. The molecule has 1 saturated heterocycles. The van der Waals surface area contributed by atoms with E-state index in [9.17, 15) is 0 Å². The van der Waals surface area contributed by atoms with Crippen LogP contribution in [0.2, 0.25) is 0 Å². The van der Waals surface area contributed by atoms with Gasteiger partial charge in [-0.25, -0.2) is 0 Å². The molecule has 0 aromatic carbocycles. The Hall–Kier alpha value is -0.0800. The third kappa shape index (κ3) is 4.24. The number of hydrogen-bond acceptors (Lipinski definition) is 2. The van der Waals surface area contributed by atoms with Gasteiger partial charge in [0.15, 0.2) is 0 Å². The van der Waals surface area contributed by atoms with Gasteiger partial charge in [-0.05, 0) is 52.1 Å². The van der Waals surface area contributed by atoms with Gasteiger partial charge in [-0.1, -0.05) is 39.5 Å². The Bertz CT molecular complexity index is 213. The lowest BCUT2D eigenvalue weighted by Crippen LogP contribution is -2.56. The first-order valence-corrected chi connectivity index (χ1v) is 8.03. The molecule has 2 nitrogen and oxygen atoms in total. The number of nitrogens with two attached hydrogens (primary N) is 1. The lowest BCUT2D eigenvalue weighted by atomic mass is 9.84. The minimum absolute atomic E-state index is 0.160. The van der Waals surface area contributed by atoms with E-state index in [-0.39, 0.29) is 5.54 Å². The fourth-order valence-electron chi connectivity index (χ4n) is 3.15. The van der Waals surface area contributed by atoms with Crippen LogP contribution in [0.4, 0.5) is 0 Å². The molecule has 2 N–H and O–H groups in total. The maximum atomic E-state index is 6.54. The molecular formula is C16H34N2. The summed E-state index contributed by atoms with van der Waals surface area (Å²) >= 11 is 0. The maximum absolute atomic E-state index is 6.54. The Balaban J connectivity index is 2.58. The molecule has 0 aromatic heterocycles. The highest BCUT2D eigenvalue weighted by atomic mass is 15.2. The summed E-state index contributed by atoms with van der Waals surface area (Å²) in [6.07, 6.45) is 9.20. The van der Waals surface area contributed by atoms with Crippen LogP contribution in [0.1, 0.15) is 72.6 Å². The highest BCUT2D eigenvalue weighted by Gasteiger charge is 2.33. The van der Waals surface area contributed by atoms with Gasteiger partial charge in [0.25, 0.3) is 0 Å². The minimum Gasteiger partial charge on any atom is -0.326 e. The SMILES string of the molecule is CCC(CC)CC(N)C(C)(C)N1CCCCCC1. The van der Waals surface area contributed by atoms with E-state index >= 15 is 0 Å². The predicted octanol–water partition coefficient (Wildman–Crippen LogP) is 3.79. The highest BCUT2D eigenvalue weighted by Crippen LogP contribution is 2.27. The quantitative estimate of drug-likeness (QED) is 0.781. The van der Waals surface area contributed by atoms with Crippen molar-refractivity contribution < 1.29 is 0 Å². The van der Waals surface area contributed by atoms with E-state index in [0.717, 1.165) is 5.92 Å². The molecule has 0 amide bonds. The molecule has 1 heterocycles. The molecule has 0 saturated carbocycles. The zero-order chi connectivity index (χ0) is 13.6. The Labute approximate surface area is 114 Å². The van der Waals surface area contributed by atoms with Crippen LogP contribution in [0.5, 0.6) is 0 Å². The second-order valence-corrected chi connectivity index (χ2v) is 6.58. The van der Waals surface area contributed by atoms with Gasteiger partial charge in [-0.3, -0.25) is 4.90 Å². The lowest BCUT2D eigenvalue weighted by Gasteiger charge is -2.43. The van der Waals surface area contributed by atoms with Gasteiger partial charge in [0.2, 0.25) is 0 Å². The van der Waals surface area contributed by atoms with Crippen molar-refractivity contribution in [2.45, 2.75) is 84.2 Å². The van der Waals surface area contributed by atoms with Gasteiger partial charge >= 0.3 is 0 Å². The molecule has 18 heavy (non-hydrogen) atoms. The molecule has 1 aliphatic rings. The van der Waals surface area contributed by atoms with E-state index in [0.29, 0.717) is 6.04 Å². The van der Waals surface area contributed by atoms with Crippen LogP contribution in [0.3, 0.4) is 0 Å². The van der Waals surface area contributed by atoms with Crippen LogP contribution < -0.4 is 5.73 Å². The van der Waals surface area contributed by atoms with Gasteiger partial charge in [0.1, 0.15) is 0 Å². The van der Waals surface area contributed by atoms with E-state index in [1.807, 2.05) is 0 Å². The monoisotopic (exact) mass is 254 g/mol. The van der Waals surface area contributed by atoms with Crippen molar-refractivity contribution >= 4 is 0 Å². The van der Waals surface area contributed by atoms with Crippen molar-refractivity contribution in [1.29, 1.82) is 0 Å². The summed E-state index contributed by atoms with van der Waals surface area (Å²) in [7, 11) is 0. The molecule has 0 aromatic rings. The third-order valence-corrected chi connectivity index (χ3v) is 5.07. The van der Waals surface area contributed by atoms with Crippen molar-refractivity contribution in [2.24, 2.45) is 11.7 Å². The van der Waals surface area contributed by atoms with Crippen LogP contribution in [0.15, 0.2) is 0 Å². The molecule has 2 heteroatoms. The number of hydrogen-bond donors (Lipinski definition) is 1. The van der Waals surface area contributed by atoms with Gasteiger partial charge in [-0.2, -0.15) is 0 Å². The molecule has 0 aliphatic carbocycles. The molecule has 1 aliphatic heterocycles. The first-order valence-electron chi connectivity index (χ1n) is 8.03. The largest absolute Gasteiger partial charge is 0.326 e. The smallest absolute Gasteiger partial charge is 0.0304 e. The molecular weight excluding hydrogens is 220 g/mol. The van der Waals surface area contributed by atoms with Crippen LogP contribution in [-0.2, 0) is 0 Å². The topological polar surface area (TPSA) is 29.3 Å². The van der Waals surface area contributed by atoms with E-state index in [1.165, 1.54) is 58.0 Å². The van der Waals surface area contributed by atoms with Crippen molar-refractivity contribution in [1.82, 2.24) is 4.90 Å². The van der Waals surface area contributed by atoms with Gasteiger partial charge < -0.3 is 5.73 Å². The Kier molecular flexibility index (Phi) is 6.65. The fraction of sp³-hybridized carbons (Fsp3) is 1.00. The fourth-order valence-corrected chi connectivity index (χ4v) is 3.15. The summed E-state index contributed by atoms with van der Waals surface area (Å²) in [5.41, 5.74) is 6.70. The van der Waals surface area contributed by atoms with Crippen molar-refractivity contribution in [3.05, 3.63) is 0 Å². The number of rotatable bonds is 6. The molecule has 0 radical (unpaired) electrons. The summed E-state index contributed by atoms with van der Waals surface area (Å²) in [4.78, 5) is 2.65. The predicted molar refractivity (Wildman–Crippen MR) is 80.8 cm³/mol. The standard InChI is InChI=1S/C16H34N2/c1-5-14(6-2)13-15(17)16(3,4)18-11-9-7-8-10-12-18/h14-15H,5-13,17H2,1-4H3. The summed E-state index contributed by atoms with van der Waals surface area (Å²) < 4.78 is 0. The van der Waals surface area contributed by atoms with Crippen LogP contribution in [-0.4, -0.2) is 29.6 Å². The van der Waals surface area contributed by atoms with Gasteiger partial charge in [0, 0.05) is 11.6 Å². The van der Waals surface area contributed by atoms with Crippen molar-refractivity contribution in [3.63, 3.8) is 0 Å². The van der Waals surface area contributed by atoms with E-state index in [2.05, 4.69) is 32.6 Å². The Morgan fingerprint density at radius 3 is 1.94 bits per heavy atom. The summed E-state index contributed by atoms with van der Waals surface area (Å²) in [5, 5.41) is 0. The average molecular weight is 254 g/mol. The zero-order valence-electron chi connectivity index (χ0n) is 13.0. The van der Waals surface area contributed by atoms with E-state index in [1.54, 1.807) is 0 Å². The van der Waals surface area contributed by atoms with Crippen LogP contribution >= 0.6 is 0 Å². The second-order valence-electron chi connectivity index (χ2n) is 6.58. The maximum Gasteiger partial charge on any atom is 0.0304 e. The summed E-state index contributed by atoms with van der Waals surface area (Å²) in [5.74, 6) is 0.797. The Morgan fingerprint density at radius 2 is 1.50 bits per heavy atom. The van der Waals surface area contributed by atoms with Crippen LogP contribution in [0.25, 0.3) is 0 Å². The first-order chi connectivity index (χ1) is 8.52. The summed E-state index contributed by atoms with van der Waals surface area (Å²) in [6.45, 7) is 11.8. The number of likely N-dealkylation sites (tertiary alicyclic amines) is 1. The number of nitrogens with zero attached hydrogens (tertiary/aromatic N) is 1. The lowest BCUT2D eigenvalue weighted by molar-refractivity contribution is 0.0875. The molecule has 0 bridgehead atoms. The molecule has 1 unspecified atom stereocenters. The van der Waals surface area contributed by atoms with Crippen molar-refractivity contribution in [2.75, 3.05) is 13.1 Å². The van der Waals surface area contributed by atoms with Crippen LogP contribution in [0, 0.1) is 5.92 Å². The molecule has 1 rings (SSSR count). The molecule has 1 atom stereocenters. The van der Waals surface area contributed by atoms with E-state index in [4.69, 9.17) is 5.73 Å². The van der Waals surface area contributed by atoms with E-state index < -0.39 is 0 Å². The molecule has 1 fully saturated rings. The average Bonchev–Trinajstić information content (AvgIpc) is 2.64.